The highest BCUT2D eigenvalue weighted by atomic mass is 19.1. The van der Waals surface area contributed by atoms with Crippen LogP contribution in [0.2, 0.25) is 0 Å². The van der Waals surface area contributed by atoms with Crippen molar-refractivity contribution in [2.75, 3.05) is 13.1 Å². The van der Waals surface area contributed by atoms with Gasteiger partial charge in [0.25, 0.3) is 5.91 Å². The highest BCUT2D eigenvalue weighted by molar-refractivity contribution is 6.10. The van der Waals surface area contributed by atoms with E-state index in [0.29, 0.717) is 11.6 Å². The van der Waals surface area contributed by atoms with Gasteiger partial charge in [-0.05, 0) is 57.2 Å². The first-order valence-corrected chi connectivity index (χ1v) is 10.5. The third kappa shape index (κ3) is 3.11. The van der Waals surface area contributed by atoms with Gasteiger partial charge in [0.1, 0.15) is 5.82 Å². The van der Waals surface area contributed by atoms with Crippen LogP contribution in [-0.4, -0.2) is 46.8 Å². The second-order valence-corrected chi connectivity index (χ2v) is 9.03. The number of nitrogens with zero attached hydrogens (tertiary/aromatic N) is 2. The summed E-state index contributed by atoms with van der Waals surface area (Å²) in [6.45, 7) is 5.86. The van der Waals surface area contributed by atoms with Crippen LogP contribution in [0.5, 0.6) is 0 Å². The van der Waals surface area contributed by atoms with Crippen molar-refractivity contribution in [2.24, 2.45) is 5.73 Å². The van der Waals surface area contributed by atoms with Crippen LogP contribution in [0.15, 0.2) is 12.1 Å². The smallest absolute Gasteiger partial charge is 0.256 e. The Morgan fingerprint density at radius 1 is 1.07 bits per heavy atom. The number of benzene rings is 1. The quantitative estimate of drug-likeness (QED) is 0.864. The van der Waals surface area contributed by atoms with Crippen molar-refractivity contribution in [1.82, 2.24) is 9.80 Å². The Morgan fingerprint density at radius 2 is 1.71 bits per heavy atom. The van der Waals surface area contributed by atoms with Crippen molar-refractivity contribution in [1.29, 1.82) is 0 Å². The zero-order valence-corrected chi connectivity index (χ0v) is 16.8. The van der Waals surface area contributed by atoms with Crippen LogP contribution in [-0.2, 0) is 5.54 Å². The van der Waals surface area contributed by atoms with Gasteiger partial charge >= 0.3 is 0 Å². The zero-order valence-electron chi connectivity index (χ0n) is 16.8. The molecule has 0 spiro atoms. The maximum Gasteiger partial charge on any atom is 0.256 e. The molecule has 1 aliphatic carbocycles. The summed E-state index contributed by atoms with van der Waals surface area (Å²) in [5.41, 5.74) is 5.64. The molecule has 152 valence electrons. The Bertz CT molecular complexity index is 793. The number of hydrogen-bond donors (Lipinski definition) is 1. The van der Waals surface area contributed by atoms with Crippen molar-refractivity contribution in [3.63, 3.8) is 0 Å². The molecule has 4 rings (SSSR count). The molecule has 1 aromatic carbocycles. The maximum absolute atomic E-state index is 14.1. The Labute approximate surface area is 166 Å². The molecule has 0 atom stereocenters. The highest BCUT2D eigenvalue weighted by Crippen LogP contribution is 2.43. The van der Waals surface area contributed by atoms with Crippen LogP contribution in [0.4, 0.5) is 4.39 Å². The Balaban J connectivity index is 1.57. The number of fused-ring (bicyclic) bond motifs is 1. The lowest BCUT2D eigenvalue weighted by Gasteiger charge is -2.45. The highest BCUT2D eigenvalue weighted by Gasteiger charge is 2.48. The van der Waals surface area contributed by atoms with E-state index in [1.807, 2.05) is 18.7 Å². The van der Waals surface area contributed by atoms with Crippen LogP contribution in [0, 0.1) is 5.82 Å². The van der Waals surface area contributed by atoms with E-state index in [2.05, 4.69) is 4.90 Å². The van der Waals surface area contributed by atoms with E-state index < -0.39 is 17.3 Å². The molecular weight excluding hydrogens is 357 g/mol. The number of carbonyl (C=O) groups excluding carboxylic acids is 2. The number of rotatable bonds is 3. The topological polar surface area (TPSA) is 66.6 Å². The molecule has 2 N–H and O–H groups in total. The van der Waals surface area contributed by atoms with Gasteiger partial charge in [-0.3, -0.25) is 9.59 Å². The monoisotopic (exact) mass is 387 g/mol. The van der Waals surface area contributed by atoms with E-state index in [1.165, 1.54) is 38.2 Å². The first kappa shape index (κ1) is 19.4. The molecule has 6 heteroatoms. The van der Waals surface area contributed by atoms with Crippen LogP contribution in [0.3, 0.4) is 0 Å². The Hall–Kier alpha value is -1.95. The lowest BCUT2D eigenvalue weighted by molar-refractivity contribution is 0.0227. The number of hydrogen-bond acceptors (Lipinski definition) is 3. The molecule has 3 aliphatic rings. The van der Waals surface area contributed by atoms with Gasteiger partial charge in [0, 0.05) is 25.2 Å². The minimum absolute atomic E-state index is 0.00443. The predicted octanol–water partition coefficient (Wildman–Crippen LogP) is 3.41. The normalized spacial score (nSPS) is 23.8. The van der Waals surface area contributed by atoms with E-state index in [0.717, 1.165) is 32.0 Å². The lowest BCUT2D eigenvalue weighted by atomic mass is 9.89. The van der Waals surface area contributed by atoms with Crippen molar-refractivity contribution >= 4 is 11.8 Å². The van der Waals surface area contributed by atoms with Gasteiger partial charge in [-0.15, -0.1) is 0 Å². The van der Waals surface area contributed by atoms with Gasteiger partial charge < -0.3 is 15.5 Å². The van der Waals surface area contributed by atoms with Gasteiger partial charge in [0.15, 0.2) is 0 Å². The summed E-state index contributed by atoms with van der Waals surface area (Å²) >= 11 is 0. The number of halogens is 1. The summed E-state index contributed by atoms with van der Waals surface area (Å²) < 4.78 is 14.1. The molecule has 0 aromatic heterocycles. The minimum Gasteiger partial charge on any atom is -0.366 e. The maximum atomic E-state index is 14.1. The molecule has 0 bridgehead atoms. The molecule has 5 nitrogen and oxygen atoms in total. The molecule has 0 unspecified atom stereocenters. The van der Waals surface area contributed by atoms with Crippen LogP contribution in [0.25, 0.3) is 0 Å². The second kappa shape index (κ2) is 7.14. The van der Waals surface area contributed by atoms with Crippen molar-refractivity contribution in [2.45, 2.75) is 76.4 Å². The van der Waals surface area contributed by atoms with Crippen LogP contribution < -0.4 is 5.73 Å². The number of likely N-dealkylation sites (tertiary alicyclic amines) is 1. The van der Waals surface area contributed by atoms with E-state index in [-0.39, 0.29) is 23.1 Å². The molecule has 1 saturated heterocycles. The molecular formula is C22H30FN3O2. The molecule has 2 fully saturated rings. The molecule has 1 aromatic rings. The fraction of sp³-hybridized carbons (Fsp3) is 0.636. The fourth-order valence-electron chi connectivity index (χ4n) is 5.60. The van der Waals surface area contributed by atoms with E-state index in [1.54, 1.807) is 0 Å². The summed E-state index contributed by atoms with van der Waals surface area (Å²) in [6.07, 6.45) is 8.37. The fourth-order valence-corrected chi connectivity index (χ4v) is 5.60. The van der Waals surface area contributed by atoms with E-state index in [4.69, 9.17) is 5.73 Å². The van der Waals surface area contributed by atoms with Crippen molar-refractivity contribution in [3.05, 3.63) is 34.6 Å². The van der Waals surface area contributed by atoms with Crippen LogP contribution >= 0.6 is 0 Å². The van der Waals surface area contributed by atoms with Crippen molar-refractivity contribution in [3.8, 4) is 0 Å². The van der Waals surface area contributed by atoms with Gasteiger partial charge in [0.2, 0.25) is 5.91 Å². The number of primary amides is 1. The summed E-state index contributed by atoms with van der Waals surface area (Å²) in [5.74, 6) is -1.47. The molecule has 0 radical (unpaired) electrons. The average Bonchev–Trinajstić information content (AvgIpc) is 2.87. The standard InChI is InChI=1S/C22H30FN3O2/c1-22(2)18-13-14(23)12-17(20(24)27)19(18)21(28)26(22)16-8-10-25(11-9-16)15-6-4-3-5-7-15/h12-13,15-16H,3-11H2,1-2H3,(H2,24,27). The van der Waals surface area contributed by atoms with Gasteiger partial charge in [-0.25, -0.2) is 4.39 Å². The van der Waals surface area contributed by atoms with Crippen molar-refractivity contribution < 1.29 is 14.0 Å². The number of amides is 2. The van der Waals surface area contributed by atoms with E-state index >= 15 is 0 Å². The predicted molar refractivity (Wildman–Crippen MR) is 106 cm³/mol. The molecule has 28 heavy (non-hydrogen) atoms. The summed E-state index contributed by atoms with van der Waals surface area (Å²) in [6, 6.07) is 3.25. The van der Waals surface area contributed by atoms with Gasteiger partial charge in [-0.2, -0.15) is 0 Å². The number of carbonyl (C=O) groups is 2. The Kier molecular flexibility index (Phi) is 4.94. The number of nitrogens with two attached hydrogens (primary N) is 1. The number of piperidine rings is 1. The molecule has 2 amide bonds. The first-order valence-electron chi connectivity index (χ1n) is 10.5. The van der Waals surface area contributed by atoms with E-state index in [9.17, 15) is 14.0 Å². The first-order chi connectivity index (χ1) is 13.3. The molecule has 2 heterocycles. The zero-order chi connectivity index (χ0) is 20.1. The average molecular weight is 387 g/mol. The minimum atomic E-state index is -0.756. The summed E-state index contributed by atoms with van der Waals surface area (Å²) in [5, 5.41) is 0. The lowest BCUT2D eigenvalue weighted by Crippen LogP contribution is -2.53. The Morgan fingerprint density at radius 3 is 2.32 bits per heavy atom. The summed E-state index contributed by atoms with van der Waals surface area (Å²) in [7, 11) is 0. The second-order valence-electron chi connectivity index (χ2n) is 9.03. The van der Waals surface area contributed by atoms with Gasteiger partial charge in [0.05, 0.1) is 16.7 Å². The molecule has 1 saturated carbocycles. The molecule has 2 aliphatic heterocycles. The van der Waals surface area contributed by atoms with Gasteiger partial charge in [-0.1, -0.05) is 19.3 Å². The SMILES string of the molecule is CC1(C)c2cc(F)cc(C(N)=O)c2C(=O)N1C1CCN(C2CCCCC2)CC1. The third-order valence-electron chi connectivity index (χ3n) is 7.02. The third-order valence-corrected chi connectivity index (χ3v) is 7.02. The largest absolute Gasteiger partial charge is 0.366 e. The summed E-state index contributed by atoms with van der Waals surface area (Å²) in [4.78, 5) is 29.6. The van der Waals surface area contributed by atoms with Crippen LogP contribution in [0.1, 0.15) is 85.1 Å².